The molecule has 0 aromatic carbocycles. The Morgan fingerprint density at radius 3 is 2.18 bits per heavy atom. The Bertz CT molecular complexity index is 397. The van der Waals surface area contributed by atoms with E-state index in [9.17, 15) is 13.2 Å². The van der Waals surface area contributed by atoms with Crippen LogP contribution in [0.2, 0.25) is 0 Å². The van der Waals surface area contributed by atoms with Gasteiger partial charge in [0, 0.05) is 0 Å². The van der Waals surface area contributed by atoms with Crippen molar-refractivity contribution in [3.63, 3.8) is 0 Å². The predicted octanol–water partition coefficient (Wildman–Crippen LogP) is 2.30. The van der Waals surface area contributed by atoms with Gasteiger partial charge in [-0.3, -0.25) is 0 Å². The van der Waals surface area contributed by atoms with Crippen LogP contribution in [0.3, 0.4) is 0 Å². The van der Waals surface area contributed by atoms with Gasteiger partial charge >= 0.3 is 116 Å². The van der Waals surface area contributed by atoms with Crippen molar-refractivity contribution in [1.29, 1.82) is 0 Å². The van der Waals surface area contributed by atoms with Gasteiger partial charge in [0.15, 0.2) is 0 Å². The Morgan fingerprint density at radius 2 is 1.82 bits per heavy atom. The van der Waals surface area contributed by atoms with Gasteiger partial charge in [-0.15, -0.1) is 0 Å². The monoisotopic (exact) mass is 376 g/mol. The zero-order valence-electron chi connectivity index (χ0n) is 10.0. The van der Waals surface area contributed by atoms with E-state index in [1.54, 1.807) is 0 Å². The molecule has 2 fully saturated rings. The normalized spacial score (nSPS) is 39.8. The number of hydrogen-bond donors (Lipinski definition) is 0. The van der Waals surface area contributed by atoms with Crippen LogP contribution in [0.1, 0.15) is 33.6 Å². The number of alkyl halides is 3. The Morgan fingerprint density at radius 1 is 1.29 bits per heavy atom. The summed E-state index contributed by atoms with van der Waals surface area (Å²) in [6.07, 6.45) is -2.34. The van der Waals surface area contributed by atoms with Crippen molar-refractivity contribution < 1.29 is 13.2 Å². The first kappa shape index (κ1) is 14.0. The van der Waals surface area contributed by atoms with Crippen molar-refractivity contribution in [2.24, 2.45) is 22.7 Å². The summed E-state index contributed by atoms with van der Waals surface area (Å²) in [6, 6.07) is 0. The topological polar surface area (TPSA) is 0 Å². The fraction of sp³-hybridized carbons (Fsp3) is 0.833. The molecule has 17 heavy (non-hydrogen) atoms. The summed E-state index contributed by atoms with van der Waals surface area (Å²) in [5.41, 5.74) is -0.152. The van der Waals surface area contributed by atoms with E-state index < -0.39 is 16.5 Å². The van der Waals surface area contributed by atoms with E-state index in [1.807, 2.05) is 0 Å². The van der Waals surface area contributed by atoms with Crippen LogP contribution in [-0.4, -0.2) is 46.2 Å². The molecule has 3 atom stereocenters. The van der Waals surface area contributed by atoms with Gasteiger partial charge in [-0.05, 0) is 0 Å². The van der Waals surface area contributed by atoms with Gasteiger partial charge in [-0.25, -0.2) is 0 Å². The summed E-state index contributed by atoms with van der Waals surface area (Å²) in [4.78, 5) is 0. The summed E-state index contributed by atoms with van der Waals surface area (Å²) >= 11 is 5.23. The van der Waals surface area contributed by atoms with Crippen LogP contribution in [0.15, 0.2) is 0 Å². The van der Waals surface area contributed by atoms with Gasteiger partial charge in [-0.2, -0.15) is 0 Å². The van der Waals surface area contributed by atoms with E-state index >= 15 is 0 Å². The van der Waals surface area contributed by atoms with Gasteiger partial charge in [-0.1, -0.05) is 0 Å². The zero-order chi connectivity index (χ0) is 13.2. The molecule has 2 saturated carbocycles. The molecular formula is C12H15F3Se2. The first-order valence-electron chi connectivity index (χ1n) is 5.69. The molecule has 5 heteroatoms. The fourth-order valence-corrected chi connectivity index (χ4v) is 5.89. The van der Waals surface area contributed by atoms with Crippen molar-refractivity contribution in [2.45, 2.75) is 39.8 Å². The van der Waals surface area contributed by atoms with E-state index in [0.29, 0.717) is 0 Å². The summed E-state index contributed by atoms with van der Waals surface area (Å²) < 4.78 is 39.1. The minimum absolute atomic E-state index is 0.0569. The molecule has 0 aromatic heterocycles. The first-order valence-corrected chi connectivity index (χ1v) is 7.40. The second-order valence-electron chi connectivity index (χ2n) is 5.90. The molecule has 0 aromatic rings. The Balaban J connectivity index is 2.42. The SMILES string of the molecule is CC12CCC(C(C(=[Se])C(F)(F)F)C1=[Se])C2(C)C. The minimum atomic E-state index is -4.23. The maximum atomic E-state index is 12.9. The summed E-state index contributed by atoms with van der Waals surface area (Å²) in [5.74, 6) is -0.370. The molecule has 2 aliphatic rings. The number of halogens is 3. The van der Waals surface area contributed by atoms with Crippen LogP contribution in [0.25, 0.3) is 0 Å². The molecule has 2 bridgehead atoms. The van der Waals surface area contributed by atoms with Crippen molar-refractivity contribution in [3.05, 3.63) is 0 Å². The molecule has 3 unspecified atom stereocenters. The molecule has 0 heterocycles. The van der Waals surface area contributed by atoms with Crippen LogP contribution in [0, 0.1) is 22.7 Å². The van der Waals surface area contributed by atoms with Crippen molar-refractivity contribution in [1.82, 2.24) is 0 Å². The number of hydrogen-bond acceptors (Lipinski definition) is 0. The molecule has 0 nitrogen and oxygen atoms in total. The third-order valence-electron chi connectivity index (χ3n) is 5.09. The second-order valence-corrected chi connectivity index (χ2v) is 7.75. The summed E-state index contributed by atoms with van der Waals surface area (Å²) in [5, 5.41) is 0. The average Bonchev–Trinajstić information content (AvgIpc) is 2.47. The van der Waals surface area contributed by atoms with Crippen LogP contribution in [0.5, 0.6) is 0 Å². The molecule has 0 N–H and O–H groups in total. The van der Waals surface area contributed by atoms with Gasteiger partial charge in [0.1, 0.15) is 0 Å². The summed E-state index contributed by atoms with van der Waals surface area (Å²) in [6.45, 7) is 6.31. The summed E-state index contributed by atoms with van der Waals surface area (Å²) in [7, 11) is 0. The van der Waals surface area contributed by atoms with Gasteiger partial charge < -0.3 is 0 Å². The fourth-order valence-electron chi connectivity index (χ4n) is 3.56. The van der Waals surface area contributed by atoms with E-state index in [2.05, 4.69) is 51.9 Å². The van der Waals surface area contributed by atoms with E-state index in [0.717, 1.165) is 17.3 Å². The van der Waals surface area contributed by atoms with E-state index in [-0.39, 0.29) is 16.7 Å². The molecule has 2 aliphatic carbocycles. The van der Waals surface area contributed by atoms with Crippen LogP contribution in [0.4, 0.5) is 13.2 Å². The number of fused-ring (bicyclic) bond motifs is 2. The van der Waals surface area contributed by atoms with Gasteiger partial charge in [0.05, 0.1) is 0 Å². The molecule has 0 spiro atoms. The molecular weight excluding hydrogens is 359 g/mol. The van der Waals surface area contributed by atoms with Crippen LogP contribution in [-0.2, 0) is 0 Å². The van der Waals surface area contributed by atoms with Crippen molar-refractivity contribution >= 4 is 40.0 Å². The van der Waals surface area contributed by atoms with E-state index in [4.69, 9.17) is 0 Å². The van der Waals surface area contributed by atoms with Gasteiger partial charge in [0.2, 0.25) is 0 Å². The second kappa shape index (κ2) is 3.79. The standard InChI is InChI=1S/C12H15F3Se2/c1-10(2)6-4-5-11(10,3)8(16)7(6)9(17)12(13,14)15/h6-7H,4-5H2,1-3H3. The van der Waals surface area contributed by atoms with Gasteiger partial charge in [0.25, 0.3) is 0 Å². The van der Waals surface area contributed by atoms with Crippen molar-refractivity contribution in [3.8, 4) is 0 Å². The predicted molar refractivity (Wildman–Crippen MR) is 65.7 cm³/mol. The molecule has 0 amide bonds. The Kier molecular flexibility index (Phi) is 3.12. The molecule has 2 rings (SSSR count). The first-order chi connectivity index (χ1) is 7.53. The zero-order valence-corrected chi connectivity index (χ0v) is 13.4. The number of rotatable bonds is 1. The van der Waals surface area contributed by atoms with Crippen LogP contribution >= 0.6 is 0 Å². The quantitative estimate of drug-likeness (QED) is 0.618. The third kappa shape index (κ3) is 1.69. The Labute approximate surface area is 115 Å². The molecule has 96 valence electrons. The Hall–Kier alpha value is 0.569. The van der Waals surface area contributed by atoms with Crippen molar-refractivity contribution in [2.75, 3.05) is 0 Å². The molecule has 0 aliphatic heterocycles. The van der Waals surface area contributed by atoms with E-state index in [1.165, 1.54) is 0 Å². The van der Waals surface area contributed by atoms with Crippen LogP contribution < -0.4 is 0 Å². The average molecular weight is 374 g/mol. The third-order valence-corrected chi connectivity index (χ3v) is 7.59. The molecule has 0 radical (unpaired) electrons. The molecule has 0 saturated heterocycles. The maximum absolute atomic E-state index is 12.9.